The summed E-state index contributed by atoms with van der Waals surface area (Å²) in [6.07, 6.45) is 0.00372. The van der Waals surface area contributed by atoms with Crippen LogP contribution >= 0.6 is 23.5 Å². The second kappa shape index (κ2) is 9.14. The monoisotopic (exact) mass is 387 g/mol. The number of hydrogen-bond acceptors (Lipinski definition) is 4. The van der Waals surface area contributed by atoms with Crippen LogP contribution in [0.5, 0.6) is 0 Å². The van der Waals surface area contributed by atoms with Crippen LogP contribution in [0, 0.1) is 0 Å². The van der Waals surface area contributed by atoms with Crippen molar-refractivity contribution in [2.24, 2.45) is 0 Å². The first-order valence-corrected chi connectivity index (χ1v) is 10.6. The first-order valence-electron chi connectivity index (χ1n) is 8.51. The molecule has 136 valence electrons. The molecule has 0 saturated carbocycles. The van der Waals surface area contributed by atoms with Crippen molar-refractivity contribution < 1.29 is 14.7 Å². The van der Waals surface area contributed by atoms with Gasteiger partial charge in [-0.3, -0.25) is 9.59 Å². The molecule has 4 nitrogen and oxygen atoms in total. The highest BCUT2D eigenvalue weighted by Crippen LogP contribution is 2.25. The quantitative estimate of drug-likeness (QED) is 0.759. The normalized spacial score (nSPS) is 17.1. The van der Waals surface area contributed by atoms with Gasteiger partial charge in [0.15, 0.2) is 0 Å². The van der Waals surface area contributed by atoms with Crippen LogP contribution in [0.15, 0.2) is 59.5 Å². The summed E-state index contributed by atoms with van der Waals surface area (Å²) in [6.45, 7) is 0.603. The number of hydrogen-bond donors (Lipinski definition) is 1. The van der Waals surface area contributed by atoms with Crippen LogP contribution in [0.1, 0.15) is 22.3 Å². The summed E-state index contributed by atoms with van der Waals surface area (Å²) in [7, 11) is 0. The van der Waals surface area contributed by atoms with Gasteiger partial charge in [-0.15, -0.1) is 11.8 Å². The fourth-order valence-corrected chi connectivity index (χ4v) is 4.81. The molecule has 0 radical (unpaired) electrons. The van der Waals surface area contributed by atoms with E-state index in [1.807, 2.05) is 42.5 Å². The Kier molecular flexibility index (Phi) is 6.63. The maximum Gasteiger partial charge on any atom is 0.305 e. The number of aliphatic carboxylic acids is 1. The average Bonchev–Trinajstić information content (AvgIpc) is 2.67. The van der Waals surface area contributed by atoms with Gasteiger partial charge in [0, 0.05) is 34.3 Å². The number of benzene rings is 2. The molecule has 1 heterocycles. The van der Waals surface area contributed by atoms with Crippen LogP contribution in [-0.2, 0) is 10.5 Å². The van der Waals surface area contributed by atoms with Gasteiger partial charge in [-0.25, -0.2) is 0 Å². The standard InChI is InChI=1S/C20H21NO3S2/c22-19(23)12-17-14-25-11-10-21(17)20(24)16-6-8-18(9-7-16)26-13-15-4-2-1-3-5-15/h1-9,17H,10-14H2,(H,22,23). The third kappa shape index (κ3) is 5.05. The van der Waals surface area contributed by atoms with Gasteiger partial charge in [0.2, 0.25) is 0 Å². The van der Waals surface area contributed by atoms with Crippen molar-refractivity contribution >= 4 is 35.4 Å². The van der Waals surface area contributed by atoms with Gasteiger partial charge in [0.05, 0.1) is 12.5 Å². The molecule has 0 aromatic heterocycles. The minimum absolute atomic E-state index is 0.00372. The van der Waals surface area contributed by atoms with Gasteiger partial charge in [0.25, 0.3) is 5.91 Å². The second-order valence-corrected chi connectivity index (χ2v) is 8.32. The highest BCUT2D eigenvalue weighted by atomic mass is 32.2. The van der Waals surface area contributed by atoms with Crippen LogP contribution in [0.25, 0.3) is 0 Å². The predicted molar refractivity (Wildman–Crippen MR) is 107 cm³/mol. The number of carbonyl (C=O) groups is 2. The van der Waals surface area contributed by atoms with E-state index >= 15 is 0 Å². The van der Waals surface area contributed by atoms with Crippen molar-refractivity contribution in [2.45, 2.75) is 23.1 Å². The van der Waals surface area contributed by atoms with Gasteiger partial charge < -0.3 is 10.0 Å². The average molecular weight is 388 g/mol. The fourth-order valence-electron chi connectivity index (χ4n) is 2.89. The van der Waals surface area contributed by atoms with Crippen molar-refractivity contribution in [2.75, 3.05) is 18.1 Å². The molecule has 1 N–H and O–H groups in total. The summed E-state index contributed by atoms with van der Waals surface area (Å²) >= 11 is 3.44. The molecule has 1 amide bonds. The molecule has 26 heavy (non-hydrogen) atoms. The minimum Gasteiger partial charge on any atom is -0.481 e. The topological polar surface area (TPSA) is 57.6 Å². The zero-order valence-corrected chi connectivity index (χ0v) is 16.0. The maximum atomic E-state index is 12.8. The Morgan fingerprint density at radius 3 is 2.54 bits per heavy atom. The molecule has 0 bridgehead atoms. The smallest absolute Gasteiger partial charge is 0.305 e. The van der Waals surface area contributed by atoms with E-state index in [4.69, 9.17) is 5.11 Å². The molecule has 0 aliphatic carbocycles. The van der Waals surface area contributed by atoms with E-state index in [0.717, 1.165) is 16.4 Å². The molecule has 6 heteroatoms. The van der Waals surface area contributed by atoms with Gasteiger partial charge in [-0.1, -0.05) is 30.3 Å². The number of rotatable bonds is 6. The molecule has 1 saturated heterocycles. The van der Waals surface area contributed by atoms with Crippen LogP contribution in [0.4, 0.5) is 0 Å². The van der Waals surface area contributed by atoms with Crippen molar-refractivity contribution in [1.82, 2.24) is 4.90 Å². The van der Waals surface area contributed by atoms with E-state index in [1.165, 1.54) is 5.56 Å². The number of carboxylic acids is 1. The first kappa shape index (κ1) is 18.9. The summed E-state index contributed by atoms with van der Waals surface area (Å²) in [5.41, 5.74) is 1.89. The lowest BCUT2D eigenvalue weighted by molar-refractivity contribution is -0.138. The van der Waals surface area contributed by atoms with Crippen molar-refractivity contribution in [3.8, 4) is 0 Å². The molecular formula is C20H21NO3S2. The number of carbonyl (C=O) groups excluding carboxylic acids is 1. The molecule has 1 unspecified atom stereocenters. The number of thioether (sulfide) groups is 2. The zero-order chi connectivity index (χ0) is 18.4. The highest BCUT2D eigenvalue weighted by Gasteiger charge is 2.29. The number of amides is 1. The molecular weight excluding hydrogens is 366 g/mol. The van der Waals surface area contributed by atoms with Crippen LogP contribution in [-0.4, -0.2) is 46.0 Å². The van der Waals surface area contributed by atoms with E-state index in [1.54, 1.807) is 28.4 Å². The molecule has 1 atom stereocenters. The van der Waals surface area contributed by atoms with E-state index in [-0.39, 0.29) is 18.4 Å². The Morgan fingerprint density at radius 2 is 1.85 bits per heavy atom. The molecule has 3 rings (SSSR count). The molecule has 1 aliphatic rings. The first-order chi connectivity index (χ1) is 12.6. The largest absolute Gasteiger partial charge is 0.481 e. The van der Waals surface area contributed by atoms with Crippen molar-refractivity contribution in [3.05, 3.63) is 65.7 Å². The molecule has 2 aromatic carbocycles. The summed E-state index contributed by atoms with van der Waals surface area (Å²) in [6, 6.07) is 17.6. The van der Waals surface area contributed by atoms with Crippen LogP contribution in [0.3, 0.4) is 0 Å². The molecule has 2 aromatic rings. The van der Waals surface area contributed by atoms with E-state index in [0.29, 0.717) is 17.9 Å². The van der Waals surface area contributed by atoms with Crippen molar-refractivity contribution in [3.63, 3.8) is 0 Å². The molecule has 1 aliphatic heterocycles. The Labute approximate surface area is 162 Å². The summed E-state index contributed by atoms with van der Waals surface area (Å²) < 4.78 is 0. The number of nitrogens with zero attached hydrogens (tertiary/aromatic N) is 1. The summed E-state index contributed by atoms with van der Waals surface area (Å²) in [5.74, 6) is 1.49. The second-order valence-electron chi connectivity index (χ2n) is 6.12. The summed E-state index contributed by atoms with van der Waals surface area (Å²) in [5, 5.41) is 9.08. The van der Waals surface area contributed by atoms with Crippen LogP contribution in [0.2, 0.25) is 0 Å². The van der Waals surface area contributed by atoms with E-state index in [9.17, 15) is 9.59 Å². The molecule has 0 spiro atoms. The maximum absolute atomic E-state index is 12.8. The predicted octanol–water partition coefficient (Wildman–Crippen LogP) is 4.01. The van der Waals surface area contributed by atoms with Gasteiger partial charge in [-0.2, -0.15) is 11.8 Å². The highest BCUT2D eigenvalue weighted by molar-refractivity contribution is 7.99. The Hall–Kier alpha value is -1.92. The SMILES string of the molecule is O=C(O)CC1CSCCN1C(=O)c1ccc(SCc2ccccc2)cc1. The lowest BCUT2D eigenvalue weighted by atomic mass is 10.1. The Balaban J connectivity index is 1.63. The third-order valence-corrected chi connectivity index (χ3v) is 6.42. The fraction of sp³-hybridized carbons (Fsp3) is 0.300. The number of carboxylic acid groups (broad SMARTS) is 1. The zero-order valence-electron chi connectivity index (χ0n) is 14.3. The Morgan fingerprint density at radius 1 is 1.12 bits per heavy atom. The lowest BCUT2D eigenvalue weighted by Gasteiger charge is -2.34. The van der Waals surface area contributed by atoms with Gasteiger partial charge in [0.1, 0.15) is 0 Å². The Bertz CT molecular complexity index is 749. The van der Waals surface area contributed by atoms with Crippen LogP contribution < -0.4 is 0 Å². The minimum atomic E-state index is -0.858. The van der Waals surface area contributed by atoms with E-state index in [2.05, 4.69) is 12.1 Å². The van der Waals surface area contributed by atoms with Gasteiger partial charge >= 0.3 is 5.97 Å². The lowest BCUT2D eigenvalue weighted by Crippen LogP contribution is -2.47. The third-order valence-electron chi connectivity index (χ3n) is 4.25. The van der Waals surface area contributed by atoms with Crippen molar-refractivity contribution in [1.29, 1.82) is 0 Å². The summed E-state index contributed by atoms with van der Waals surface area (Å²) in [4.78, 5) is 26.7. The molecule has 1 fully saturated rings. The van der Waals surface area contributed by atoms with E-state index < -0.39 is 5.97 Å². The van der Waals surface area contributed by atoms with Gasteiger partial charge in [-0.05, 0) is 29.8 Å².